The van der Waals surface area contributed by atoms with Crippen LogP contribution in [0.1, 0.15) is 69.6 Å². The molecule has 2 heterocycles. The zero-order valence-electron chi connectivity index (χ0n) is 18.2. The minimum atomic E-state index is -0.0346. The molecular weight excluding hydrogens is 360 g/mol. The summed E-state index contributed by atoms with van der Waals surface area (Å²) < 4.78 is 2.21. The number of fused-ring (bicyclic) bond motifs is 1. The maximum Gasteiger partial charge on any atom is 0.272 e. The number of imidazole rings is 1. The molecule has 29 heavy (non-hydrogen) atoms. The smallest absolute Gasteiger partial charge is 0.272 e. The summed E-state index contributed by atoms with van der Waals surface area (Å²) in [5, 5.41) is 6.83. The SMILES string of the molecule is CC(C)(C)C(NC(=O)c1nc(-c2ccccc2)n2c1CNCC2)C1(C)CCCC1. The Morgan fingerprint density at radius 1 is 1.21 bits per heavy atom. The third kappa shape index (κ3) is 3.85. The highest BCUT2D eigenvalue weighted by Crippen LogP contribution is 2.46. The van der Waals surface area contributed by atoms with E-state index in [2.05, 4.69) is 55.0 Å². The van der Waals surface area contributed by atoms with Crippen LogP contribution in [0.4, 0.5) is 0 Å². The molecule has 1 aromatic carbocycles. The van der Waals surface area contributed by atoms with Gasteiger partial charge in [0.2, 0.25) is 0 Å². The number of amides is 1. The number of nitrogens with one attached hydrogen (secondary N) is 2. The van der Waals surface area contributed by atoms with Crippen LogP contribution in [-0.2, 0) is 13.1 Å². The molecule has 5 heteroatoms. The molecule has 2 aliphatic rings. The molecule has 1 amide bonds. The Kier molecular flexibility index (Phi) is 5.28. The molecule has 1 aliphatic heterocycles. The van der Waals surface area contributed by atoms with Gasteiger partial charge < -0.3 is 15.2 Å². The van der Waals surface area contributed by atoms with Gasteiger partial charge in [-0.3, -0.25) is 4.79 Å². The highest BCUT2D eigenvalue weighted by atomic mass is 16.2. The summed E-state index contributed by atoms with van der Waals surface area (Å²) in [6.07, 6.45) is 4.85. The molecule has 1 saturated carbocycles. The summed E-state index contributed by atoms with van der Waals surface area (Å²) in [6, 6.07) is 10.3. The molecule has 0 spiro atoms. The van der Waals surface area contributed by atoms with Crippen molar-refractivity contribution < 1.29 is 4.79 Å². The summed E-state index contributed by atoms with van der Waals surface area (Å²) in [5.41, 5.74) is 2.78. The van der Waals surface area contributed by atoms with Crippen molar-refractivity contribution in [2.75, 3.05) is 6.54 Å². The van der Waals surface area contributed by atoms with Crippen LogP contribution in [0.15, 0.2) is 30.3 Å². The van der Waals surface area contributed by atoms with Crippen LogP contribution in [0, 0.1) is 10.8 Å². The van der Waals surface area contributed by atoms with E-state index in [-0.39, 0.29) is 22.8 Å². The van der Waals surface area contributed by atoms with Gasteiger partial charge in [0.25, 0.3) is 5.91 Å². The number of hydrogen-bond acceptors (Lipinski definition) is 3. The molecule has 1 atom stereocenters. The molecule has 0 saturated heterocycles. The van der Waals surface area contributed by atoms with Crippen molar-refractivity contribution in [3.63, 3.8) is 0 Å². The zero-order valence-corrected chi connectivity index (χ0v) is 18.2. The molecule has 1 fully saturated rings. The van der Waals surface area contributed by atoms with Crippen molar-refractivity contribution in [2.24, 2.45) is 10.8 Å². The molecule has 0 radical (unpaired) electrons. The quantitative estimate of drug-likeness (QED) is 0.809. The Bertz CT molecular complexity index is 872. The van der Waals surface area contributed by atoms with Crippen LogP contribution in [0.5, 0.6) is 0 Å². The van der Waals surface area contributed by atoms with Gasteiger partial charge in [0.05, 0.1) is 5.69 Å². The number of carbonyl (C=O) groups is 1. The lowest BCUT2D eigenvalue weighted by atomic mass is 9.68. The third-order valence-electron chi connectivity index (χ3n) is 6.71. The Balaban J connectivity index is 1.69. The molecule has 156 valence electrons. The highest BCUT2D eigenvalue weighted by molar-refractivity contribution is 5.94. The van der Waals surface area contributed by atoms with E-state index in [1.54, 1.807) is 0 Å². The molecule has 1 aliphatic carbocycles. The van der Waals surface area contributed by atoms with E-state index in [1.165, 1.54) is 25.7 Å². The normalized spacial score (nSPS) is 19.6. The van der Waals surface area contributed by atoms with Gasteiger partial charge in [0.15, 0.2) is 5.69 Å². The van der Waals surface area contributed by atoms with E-state index in [9.17, 15) is 4.79 Å². The van der Waals surface area contributed by atoms with Gasteiger partial charge in [-0.05, 0) is 23.7 Å². The van der Waals surface area contributed by atoms with E-state index in [4.69, 9.17) is 4.98 Å². The zero-order chi connectivity index (χ0) is 20.6. The molecule has 5 nitrogen and oxygen atoms in total. The van der Waals surface area contributed by atoms with Crippen molar-refractivity contribution in [1.29, 1.82) is 0 Å². The van der Waals surface area contributed by atoms with Crippen molar-refractivity contribution in [1.82, 2.24) is 20.2 Å². The lowest BCUT2D eigenvalue weighted by Gasteiger charge is -2.43. The monoisotopic (exact) mass is 394 g/mol. The predicted octanol–water partition coefficient (Wildman–Crippen LogP) is 4.38. The number of aromatic nitrogens is 2. The number of rotatable bonds is 4. The van der Waals surface area contributed by atoms with Crippen molar-refractivity contribution in [3.05, 3.63) is 41.7 Å². The van der Waals surface area contributed by atoms with Gasteiger partial charge in [-0.2, -0.15) is 0 Å². The van der Waals surface area contributed by atoms with Crippen molar-refractivity contribution >= 4 is 5.91 Å². The fourth-order valence-corrected chi connectivity index (χ4v) is 5.40. The predicted molar refractivity (Wildman–Crippen MR) is 117 cm³/mol. The topological polar surface area (TPSA) is 59.0 Å². The van der Waals surface area contributed by atoms with Gasteiger partial charge >= 0.3 is 0 Å². The molecule has 0 bridgehead atoms. The minimum absolute atomic E-state index is 0.00490. The molecule has 1 aromatic heterocycles. The Morgan fingerprint density at radius 3 is 2.55 bits per heavy atom. The largest absolute Gasteiger partial charge is 0.347 e. The molecule has 2 N–H and O–H groups in total. The first-order valence-corrected chi connectivity index (χ1v) is 11.0. The number of hydrogen-bond donors (Lipinski definition) is 2. The Morgan fingerprint density at radius 2 is 1.90 bits per heavy atom. The first kappa shape index (κ1) is 20.1. The summed E-state index contributed by atoms with van der Waals surface area (Å²) >= 11 is 0. The maximum atomic E-state index is 13.5. The second kappa shape index (κ2) is 7.60. The van der Waals surface area contributed by atoms with E-state index in [1.807, 2.05) is 18.2 Å². The van der Waals surface area contributed by atoms with Crippen LogP contribution in [0.3, 0.4) is 0 Å². The van der Waals surface area contributed by atoms with Crippen LogP contribution in [-0.4, -0.2) is 28.0 Å². The lowest BCUT2D eigenvalue weighted by Crippen LogP contribution is -2.53. The fourth-order valence-electron chi connectivity index (χ4n) is 5.40. The van der Waals surface area contributed by atoms with Gasteiger partial charge in [-0.15, -0.1) is 0 Å². The summed E-state index contributed by atoms with van der Waals surface area (Å²) in [6.45, 7) is 11.5. The standard InChI is InChI=1S/C24H34N4O/c1-23(2,3)22(24(4)12-8-9-13-24)27-21(29)19-18-16-25-14-15-28(18)20(26-19)17-10-6-5-7-11-17/h5-7,10-11,22,25H,8-9,12-16H2,1-4H3,(H,27,29). The average molecular weight is 395 g/mol. The van der Waals surface area contributed by atoms with Gasteiger partial charge in [0.1, 0.15) is 5.82 Å². The van der Waals surface area contributed by atoms with Gasteiger partial charge in [-0.1, -0.05) is 70.9 Å². The lowest BCUT2D eigenvalue weighted by molar-refractivity contribution is 0.0733. The number of nitrogens with zero attached hydrogens (tertiary/aromatic N) is 2. The summed E-state index contributed by atoms with van der Waals surface area (Å²) in [5.74, 6) is 0.860. The maximum absolute atomic E-state index is 13.5. The first-order chi connectivity index (χ1) is 13.8. The van der Waals surface area contributed by atoms with E-state index >= 15 is 0 Å². The molecular formula is C24H34N4O. The van der Waals surface area contributed by atoms with E-state index < -0.39 is 0 Å². The second-order valence-corrected chi connectivity index (χ2v) is 10.1. The van der Waals surface area contributed by atoms with Crippen molar-refractivity contribution in [3.8, 4) is 11.4 Å². The Hall–Kier alpha value is -2.14. The molecule has 4 rings (SSSR count). The van der Waals surface area contributed by atoms with E-state index in [0.717, 1.165) is 30.2 Å². The Labute approximate surface area is 174 Å². The highest BCUT2D eigenvalue weighted by Gasteiger charge is 2.44. The van der Waals surface area contributed by atoms with Gasteiger partial charge in [-0.25, -0.2) is 4.98 Å². The average Bonchev–Trinajstić information content (AvgIpc) is 3.30. The molecule has 1 unspecified atom stereocenters. The summed E-state index contributed by atoms with van der Waals surface area (Å²) in [7, 11) is 0. The minimum Gasteiger partial charge on any atom is -0.347 e. The number of carbonyl (C=O) groups excluding carboxylic acids is 1. The fraction of sp³-hybridized carbons (Fsp3) is 0.583. The third-order valence-corrected chi connectivity index (χ3v) is 6.71. The molecule has 2 aromatic rings. The summed E-state index contributed by atoms with van der Waals surface area (Å²) in [4.78, 5) is 18.4. The van der Waals surface area contributed by atoms with Crippen LogP contribution in [0.2, 0.25) is 0 Å². The van der Waals surface area contributed by atoms with Gasteiger partial charge in [0, 0.05) is 31.2 Å². The van der Waals surface area contributed by atoms with Crippen LogP contribution in [0.25, 0.3) is 11.4 Å². The number of benzene rings is 1. The van der Waals surface area contributed by atoms with Crippen LogP contribution < -0.4 is 10.6 Å². The van der Waals surface area contributed by atoms with Crippen molar-refractivity contribution in [2.45, 2.75) is 72.5 Å². The van der Waals surface area contributed by atoms with Crippen LogP contribution >= 0.6 is 0 Å². The van der Waals surface area contributed by atoms with E-state index in [0.29, 0.717) is 12.2 Å². The first-order valence-electron chi connectivity index (χ1n) is 11.0. The second-order valence-electron chi connectivity index (χ2n) is 10.1.